The van der Waals surface area contributed by atoms with Crippen LogP contribution < -0.4 is 5.73 Å². The summed E-state index contributed by atoms with van der Waals surface area (Å²) in [4.78, 5) is 4.30. The molecule has 0 aromatic carbocycles. The van der Waals surface area contributed by atoms with E-state index in [1.54, 1.807) is 6.20 Å². The zero-order valence-corrected chi connectivity index (χ0v) is 10.5. The van der Waals surface area contributed by atoms with Gasteiger partial charge in [0.05, 0.1) is 11.4 Å². The van der Waals surface area contributed by atoms with E-state index in [0.29, 0.717) is 6.54 Å². The highest BCUT2D eigenvalue weighted by Gasteiger charge is 2.20. The Bertz CT molecular complexity index is 494. The predicted molar refractivity (Wildman–Crippen MR) is 68.0 cm³/mol. The Morgan fingerprint density at radius 3 is 2.59 bits per heavy atom. The van der Waals surface area contributed by atoms with E-state index in [2.05, 4.69) is 36.9 Å². The smallest absolute Gasteiger partial charge is 0.153 e. The minimum Gasteiger partial charge on any atom is -0.325 e. The lowest BCUT2D eigenvalue weighted by atomic mass is 9.92. The molecule has 2 aromatic rings. The Kier molecular flexibility index (Phi) is 2.98. The molecular formula is C13H18N4. The Hall–Kier alpha value is -1.68. The second-order valence-electron chi connectivity index (χ2n) is 5.07. The largest absolute Gasteiger partial charge is 0.325 e. The Morgan fingerprint density at radius 1 is 1.29 bits per heavy atom. The maximum atomic E-state index is 5.76. The first-order chi connectivity index (χ1) is 8.02. The second kappa shape index (κ2) is 4.30. The van der Waals surface area contributed by atoms with Gasteiger partial charge in [0.2, 0.25) is 0 Å². The van der Waals surface area contributed by atoms with Gasteiger partial charge < -0.3 is 5.73 Å². The van der Waals surface area contributed by atoms with E-state index in [9.17, 15) is 0 Å². The molecule has 0 atom stereocenters. The van der Waals surface area contributed by atoms with Gasteiger partial charge in [0.15, 0.2) is 5.82 Å². The van der Waals surface area contributed by atoms with Crippen molar-refractivity contribution in [3.8, 4) is 5.82 Å². The van der Waals surface area contributed by atoms with E-state index >= 15 is 0 Å². The molecule has 0 amide bonds. The molecular weight excluding hydrogens is 212 g/mol. The van der Waals surface area contributed by atoms with Crippen LogP contribution in [0.25, 0.3) is 5.82 Å². The maximum absolute atomic E-state index is 5.76. The molecule has 4 nitrogen and oxygen atoms in total. The van der Waals surface area contributed by atoms with Gasteiger partial charge in [-0.1, -0.05) is 26.8 Å². The van der Waals surface area contributed by atoms with E-state index < -0.39 is 0 Å². The number of nitrogens with zero attached hydrogens (tertiary/aromatic N) is 3. The molecule has 0 bridgehead atoms. The lowest BCUT2D eigenvalue weighted by molar-refractivity contribution is 0.559. The van der Waals surface area contributed by atoms with Crippen LogP contribution in [0.5, 0.6) is 0 Å². The highest BCUT2D eigenvalue weighted by molar-refractivity contribution is 5.28. The molecule has 2 N–H and O–H groups in total. The summed E-state index contributed by atoms with van der Waals surface area (Å²) in [6, 6.07) is 7.81. The van der Waals surface area contributed by atoms with Crippen molar-refractivity contribution in [1.29, 1.82) is 0 Å². The van der Waals surface area contributed by atoms with E-state index in [-0.39, 0.29) is 5.41 Å². The molecule has 90 valence electrons. The van der Waals surface area contributed by atoms with Gasteiger partial charge in [-0.3, -0.25) is 0 Å². The standard InChI is InChI=1S/C13H18N4/c1-13(2,3)11-8-10(9-14)17(16-11)12-6-4-5-7-15-12/h4-8H,9,14H2,1-3H3. The SMILES string of the molecule is CC(C)(C)c1cc(CN)n(-c2ccccn2)n1. The Morgan fingerprint density at radius 2 is 2.06 bits per heavy atom. The Labute approximate surface area is 101 Å². The zero-order valence-electron chi connectivity index (χ0n) is 10.5. The van der Waals surface area contributed by atoms with Gasteiger partial charge in [-0.25, -0.2) is 9.67 Å². The molecule has 0 radical (unpaired) electrons. The topological polar surface area (TPSA) is 56.7 Å². The van der Waals surface area contributed by atoms with E-state index in [1.807, 2.05) is 22.9 Å². The summed E-state index contributed by atoms with van der Waals surface area (Å²) in [5, 5.41) is 4.60. The van der Waals surface area contributed by atoms with Gasteiger partial charge in [0.1, 0.15) is 0 Å². The summed E-state index contributed by atoms with van der Waals surface area (Å²) >= 11 is 0. The van der Waals surface area contributed by atoms with Gasteiger partial charge in [-0.05, 0) is 18.2 Å². The molecule has 0 aliphatic carbocycles. The van der Waals surface area contributed by atoms with Crippen molar-refractivity contribution in [3.05, 3.63) is 41.9 Å². The fourth-order valence-corrected chi connectivity index (χ4v) is 1.61. The fraction of sp³-hybridized carbons (Fsp3) is 0.385. The van der Waals surface area contributed by atoms with Crippen LogP contribution in [0.15, 0.2) is 30.5 Å². The minimum absolute atomic E-state index is 0.0178. The average molecular weight is 230 g/mol. The first-order valence-corrected chi connectivity index (χ1v) is 5.73. The lowest BCUT2D eigenvalue weighted by Crippen LogP contribution is -2.13. The number of rotatable bonds is 2. The molecule has 17 heavy (non-hydrogen) atoms. The van der Waals surface area contributed by atoms with Crippen LogP contribution in [0.1, 0.15) is 32.2 Å². The zero-order chi connectivity index (χ0) is 12.5. The molecule has 0 saturated carbocycles. The van der Waals surface area contributed by atoms with Crippen LogP contribution in [-0.2, 0) is 12.0 Å². The molecule has 0 aliphatic heterocycles. The molecule has 2 aromatic heterocycles. The number of hydrogen-bond acceptors (Lipinski definition) is 3. The van der Waals surface area contributed by atoms with E-state index in [4.69, 9.17) is 5.73 Å². The third-order valence-electron chi connectivity index (χ3n) is 2.63. The molecule has 2 heterocycles. The van der Waals surface area contributed by atoms with Gasteiger partial charge in [0, 0.05) is 18.2 Å². The first-order valence-electron chi connectivity index (χ1n) is 5.73. The summed E-state index contributed by atoms with van der Waals surface area (Å²) in [6.45, 7) is 6.87. The number of nitrogens with two attached hydrogens (primary N) is 1. The van der Waals surface area contributed by atoms with Crippen LogP contribution in [0.4, 0.5) is 0 Å². The third kappa shape index (κ3) is 2.36. The third-order valence-corrected chi connectivity index (χ3v) is 2.63. The van der Waals surface area contributed by atoms with Crippen molar-refractivity contribution in [2.45, 2.75) is 32.7 Å². The quantitative estimate of drug-likeness (QED) is 0.858. The van der Waals surface area contributed by atoms with Crippen molar-refractivity contribution < 1.29 is 0 Å². The molecule has 0 unspecified atom stereocenters. The molecule has 0 fully saturated rings. The van der Waals surface area contributed by atoms with Gasteiger partial charge in [0.25, 0.3) is 0 Å². The Balaban J connectivity index is 2.51. The van der Waals surface area contributed by atoms with Crippen molar-refractivity contribution in [2.24, 2.45) is 5.73 Å². The number of hydrogen-bond donors (Lipinski definition) is 1. The van der Waals surface area contributed by atoms with Crippen LogP contribution in [0.3, 0.4) is 0 Å². The highest BCUT2D eigenvalue weighted by Crippen LogP contribution is 2.22. The van der Waals surface area contributed by atoms with Crippen LogP contribution in [0, 0.1) is 0 Å². The van der Waals surface area contributed by atoms with Gasteiger partial charge in [-0.2, -0.15) is 5.10 Å². The summed E-state index contributed by atoms with van der Waals surface area (Å²) in [6.07, 6.45) is 1.76. The highest BCUT2D eigenvalue weighted by atomic mass is 15.3. The van der Waals surface area contributed by atoms with Crippen molar-refractivity contribution in [3.63, 3.8) is 0 Å². The van der Waals surface area contributed by atoms with Crippen LogP contribution >= 0.6 is 0 Å². The molecule has 4 heteroatoms. The fourth-order valence-electron chi connectivity index (χ4n) is 1.61. The molecule has 0 spiro atoms. The van der Waals surface area contributed by atoms with Crippen LogP contribution in [0.2, 0.25) is 0 Å². The van der Waals surface area contributed by atoms with Crippen molar-refractivity contribution >= 4 is 0 Å². The van der Waals surface area contributed by atoms with Gasteiger partial charge in [-0.15, -0.1) is 0 Å². The average Bonchev–Trinajstić information content (AvgIpc) is 2.73. The van der Waals surface area contributed by atoms with E-state index in [0.717, 1.165) is 17.2 Å². The normalized spacial score (nSPS) is 11.8. The molecule has 0 saturated heterocycles. The van der Waals surface area contributed by atoms with Gasteiger partial charge >= 0.3 is 0 Å². The predicted octanol–water partition coefficient (Wildman–Crippen LogP) is 2.02. The maximum Gasteiger partial charge on any atom is 0.153 e. The molecule has 0 aliphatic rings. The van der Waals surface area contributed by atoms with Crippen molar-refractivity contribution in [1.82, 2.24) is 14.8 Å². The molecule has 2 rings (SSSR count). The number of aromatic nitrogens is 3. The summed E-state index contributed by atoms with van der Waals surface area (Å²) in [7, 11) is 0. The van der Waals surface area contributed by atoms with E-state index in [1.165, 1.54) is 0 Å². The van der Waals surface area contributed by atoms with Crippen molar-refractivity contribution in [2.75, 3.05) is 0 Å². The second-order valence-corrected chi connectivity index (χ2v) is 5.07. The first kappa shape index (κ1) is 11.8. The number of pyridine rings is 1. The lowest BCUT2D eigenvalue weighted by Gasteiger charge is -2.14. The van der Waals surface area contributed by atoms with Crippen LogP contribution in [-0.4, -0.2) is 14.8 Å². The monoisotopic (exact) mass is 230 g/mol. The summed E-state index contributed by atoms with van der Waals surface area (Å²) in [5.74, 6) is 0.809. The summed E-state index contributed by atoms with van der Waals surface area (Å²) in [5.41, 5.74) is 7.79. The summed E-state index contributed by atoms with van der Waals surface area (Å²) < 4.78 is 1.82. The minimum atomic E-state index is 0.0178.